The number of aromatic nitrogens is 1. The Morgan fingerprint density at radius 3 is 3.12 bits per heavy atom. The van der Waals surface area contributed by atoms with Crippen LogP contribution in [-0.2, 0) is 6.42 Å². The monoisotopic (exact) mass is 340 g/mol. The lowest BCUT2D eigenvalue weighted by atomic mass is 10.0. The minimum atomic E-state index is 0.235. The van der Waals surface area contributed by atoms with E-state index in [0.29, 0.717) is 11.9 Å². The first kappa shape index (κ1) is 15.8. The average molecular weight is 340 g/mol. The predicted octanol–water partition coefficient (Wildman–Crippen LogP) is 4.21. The summed E-state index contributed by atoms with van der Waals surface area (Å²) >= 11 is 1.72. The van der Waals surface area contributed by atoms with Gasteiger partial charge in [0.2, 0.25) is 0 Å². The fraction of sp³-hybridized carbons (Fsp3) is 0.421. The van der Waals surface area contributed by atoms with Crippen molar-refractivity contribution in [1.82, 2.24) is 9.88 Å². The zero-order valence-electron chi connectivity index (χ0n) is 14.0. The molecule has 24 heavy (non-hydrogen) atoms. The van der Waals surface area contributed by atoms with Gasteiger partial charge in [0.05, 0.1) is 5.25 Å². The van der Waals surface area contributed by atoms with E-state index in [0.717, 1.165) is 18.5 Å². The lowest BCUT2D eigenvalue weighted by Crippen LogP contribution is -2.26. The van der Waals surface area contributed by atoms with Crippen LogP contribution in [0.2, 0.25) is 0 Å². The van der Waals surface area contributed by atoms with Crippen molar-refractivity contribution in [2.24, 2.45) is 0 Å². The Bertz CT molecular complexity index is 771. The van der Waals surface area contributed by atoms with E-state index in [9.17, 15) is 0 Å². The Balaban J connectivity index is 1.53. The molecule has 0 spiro atoms. The van der Waals surface area contributed by atoms with Crippen molar-refractivity contribution >= 4 is 34.2 Å². The van der Waals surface area contributed by atoms with Crippen molar-refractivity contribution in [3.05, 3.63) is 41.4 Å². The van der Waals surface area contributed by atoms with Gasteiger partial charge in [-0.15, -0.1) is 11.8 Å². The van der Waals surface area contributed by atoms with Gasteiger partial charge in [-0.05, 0) is 68.4 Å². The van der Waals surface area contributed by atoms with Crippen LogP contribution in [0.5, 0.6) is 0 Å². The van der Waals surface area contributed by atoms with Crippen LogP contribution in [0.4, 0.5) is 5.69 Å². The highest BCUT2D eigenvalue weighted by molar-refractivity contribution is 8.03. The maximum Gasteiger partial charge on any atom is 0.112 e. The first-order valence-corrected chi connectivity index (χ1v) is 9.61. The number of hydrogen-bond acceptors (Lipinski definition) is 3. The van der Waals surface area contributed by atoms with Gasteiger partial charge in [-0.2, -0.15) is 0 Å². The molecule has 4 rings (SSSR count). The lowest BCUT2D eigenvalue weighted by Gasteiger charge is -2.19. The lowest BCUT2D eigenvalue weighted by molar-refractivity contribution is 0.310. The van der Waals surface area contributed by atoms with Crippen molar-refractivity contribution in [3.63, 3.8) is 0 Å². The van der Waals surface area contributed by atoms with Crippen molar-refractivity contribution in [1.29, 1.82) is 5.41 Å². The average Bonchev–Trinajstić information content (AvgIpc) is 3.31. The molecule has 0 bridgehead atoms. The van der Waals surface area contributed by atoms with Crippen molar-refractivity contribution in [2.75, 3.05) is 18.9 Å². The number of thioether (sulfide) groups is 1. The zero-order valence-corrected chi connectivity index (χ0v) is 14.8. The summed E-state index contributed by atoms with van der Waals surface area (Å²) in [5.74, 6) is 0.594. The second kappa shape index (κ2) is 6.65. The number of nitrogens with one attached hydrogen (secondary N) is 3. The summed E-state index contributed by atoms with van der Waals surface area (Å²) in [7, 11) is 2.23. The van der Waals surface area contributed by atoms with E-state index in [2.05, 4.69) is 58.1 Å². The van der Waals surface area contributed by atoms with Gasteiger partial charge in [-0.3, -0.25) is 5.41 Å². The maximum absolute atomic E-state index is 8.27. The minimum absolute atomic E-state index is 0.235. The van der Waals surface area contributed by atoms with Gasteiger partial charge in [0.25, 0.3) is 0 Å². The molecule has 0 radical (unpaired) electrons. The summed E-state index contributed by atoms with van der Waals surface area (Å²) in [5, 5.41) is 15.2. The minimum Gasteiger partial charge on any atom is -0.361 e. The fourth-order valence-electron chi connectivity index (χ4n) is 3.72. The summed E-state index contributed by atoms with van der Waals surface area (Å²) in [6, 6.07) is 7.02. The van der Waals surface area contributed by atoms with Crippen LogP contribution in [-0.4, -0.2) is 40.6 Å². The fourth-order valence-corrected chi connectivity index (χ4v) is 4.55. The number of nitrogens with zero attached hydrogens (tertiary/aromatic N) is 1. The molecule has 2 aliphatic rings. The molecule has 4 nitrogen and oxygen atoms in total. The molecule has 1 saturated heterocycles. The van der Waals surface area contributed by atoms with E-state index in [4.69, 9.17) is 5.41 Å². The van der Waals surface area contributed by atoms with Gasteiger partial charge in [0.1, 0.15) is 5.84 Å². The summed E-state index contributed by atoms with van der Waals surface area (Å²) in [6.07, 6.45) is 8.93. The van der Waals surface area contributed by atoms with Crippen LogP contribution in [0.15, 0.2) is 35.9 Å². The van der Waals surface area contributed by atoms with Gasteiger partial charge >= 0.3 is 0 Å². The number of aromatic amines is 1. The smallest absolute Gasteiger partial charge is 0.112 e. The molecule has 2 atom stereocenters. The second-order valence-corrected chi connectivity index (χ2v) is 7.94. The van der Waals surface area contributed by atoms with Crippen LogP contribution in [0.3, 0.4) is 0 Å². The van der Waals surface area contributed by atoms with Crippen LogP contribution >= 0.6 is 11.8 Å². The Labute approximate surface area is 147 Å². The Hall–Kier alpha value is -1.72. The quantitative estimate of drug-likeness (QED) is 0.577. The number of fused-ring (bicyclic) bond motifs is 1. The molecular weight excluding hydrogens is 316 g/mol. The van der Waals surface area contributed by atoms with Crippen molar-refractivity contribution in [3.8, 4) is 0 Å². The molecule has 5 heteroatoms. The Morgan fingerprint density at radius 2 is 2.38 bits per heavy atom. The summed E-state index contributed by atoms with van der Waals surface area (Å²) in [6.45, 7) is 1.21. The third kappa shape index (κ3) is 3.10. The summed E-state index contributed by atoms with van der Waals surface area (Å²) in [4.78, 5) is 5.87. The maximum atomic E-state index is 8.27. The van der Waals surface area contributed by atoms with Gasteiger partial charge in [0, 0.05) is 28.8 Å². The van der Waals surface area contributed by atoms with Gasteiger partial charge in [-0.25, -0.2) is 0 Å². The molecule has 2 aliphatic heterocycles. The molecule has 126 valence electrons. The molecule has 0 aliphatic carbocycles. The molecular formula is C19H24N4S. The molecule has 1 aromatic heterocycles. The SMILES string of the molecule is CN1CCC[C@@H]1Cc1c[nH]c2ccc(NC(=N)C3CC=CS3)cc12. The molecule has 0 amide bonds. The van der Waals surface area contributed by atoms with Crippen LogP contribution in [0, 0.1) is 5.41 Å². The number of likely N-dealkylation sites (N-methyl/N-ethyl adjacent to an activating group) is 1. The normalized spacial score (nSPS) is 24.0. The molecule has 3 N–H and O–H groups in total. The third-order valence-electron chi connectivity index (χ3n) is 5.18. The molecule has 1 unspecified atom stereocenters. The number of benzene rings is 1. The highest BCUT2D eigenvalue weighted by Crippen LogP contribution is 2.28. The van der Waals surface area contributed by atoms with Gasteiger partial charge in [0.15, 0.2) is 0 Å². The number of allylic oxidation sites excluding steroid dienone is 1. The van der Waals surface area contributed by atoms with Crippen LogP contribution in [0.1, 0.15) is 24.8 Å². The topological polar surface area (TPSA) is 54.9 Å². The first-order valence-electron chi connectivity index (χ1n) is 8.67. The predicted molar refractivity (Wildman–Crippen MR) is 104 cm³/mol. The number of rotatable bonds is 4. The second-order valence-electron chi connectivity index (χ2n) is 6.83. The largest absolute Gasteiger partial charge is 0.361 e. The van der Waals surface area contributed by atoms with Gasteiger partial charge < -0.3 is 15.2 Å². The number of amidine groups is 1. The molecule has 2 aromatic rings. The first-order chi connectivity index (χ1) is 11.7. The van der Waals surface area contributed by atoms with Crippen LogP contribution in [0.25, 0.3) is 10.9 Å². The number of hydrogen-bond donors (Lipinski definition) is 3. The Kier molecular flexibility index (Phi) is 4.37. The number of H-pyrrole nitrogens is 1. The third-order valence-corrected chi connectivity index (χ3v) is 6.29. The van der Waals surface area contributed by atoms with Crippen molar-refractivity contribution < 1.29 is 0 Å². The van der Waals surface area contributed by atoms with Gasteiger partial charge in [-0.1, -0.05) is 6.08 Å². The summed E-state index contributed by atoms with van der Waals surface area (Å²) < 4.78 is 0. The standard InChI is InChI=1S/C19H24N4S/c1-23-8-2-4-15(23)10-13-12-21-17-7-6-14(11-16(13)17)22-19(20)18-5-3-9-24-18/h3,6-7,9,11-12,15,18,21H,2,4-5,8,10H2,1H3,(H2,20,22)/t15-,18?/m1/s1. The molecule has 1 fully saturated rings. The van der Waals surface area contributed by atoms with E-state index >= 15 is 0 Å². The molecule has 3 heterocycles. The molecule has 0 saturated carbocycles. The highest BCUT2D eigenvalue weighted by atomic mass is 32.2. The van der Waals surface area contributed by atoms with E-state index in [1.54, 1.807) is 11.8 Å². The number of anilines is 1. The van der Waals surface area contributed by atoms with Crippen molar-refractivity contribution in [2.45, 2.75) is 37.0 Å². The van der Waals surface area contributed by atoms with E-state index in [1.165, 1.54) is 35.9 Å². The van der Waals surface area contributed by atoms with E-state index in [1.807, 2.05) is 0 Å². The summed E-state index contributed by atoms with van der Waals surface area (Å²) in [5.41, 5.74) is 3.58. The van der Waals surface area contributed by atoms with E-state index < -0.39 is 0 Å². The highest BCUT2D eigenvalue weighted by Gasteiger charge is 2.22. The molecule has 1 aromatic carbocycles. The van der Waals surface area contributed by atoms with Crippen LogP contribution < -0.4 is 5.32 Å². The zero-order chi connectivity index (χ0) is 16.5. The number of likely N-dealkylation sites (tertiary alicyclic amines) is 1. The van der Waals surface area contributed by atoms with E-state index in [-0.39, 0.29) is 5.25 Å². The Morgan fingerprint density at radius 1 is 1.46 bits per heavy atom.